The van der Waals surface area contributed by atoms with E-state index in [2.05, 4.69) is 10.5 Å². The first-order chi connectivity index (χ1) is 13.5. The fourth-order valence-electron chi connectivity index (χ4n) is 4.91. The molecule has 0 aliphatic carbocycles. The number of hydrogen-bond acceptors (Lipinski definition) is 4. The molecule has 2 fully saturated rings. The number of nitrogens with one attached hydrogen (secondary N) is 1. The predicted octanol–water partition coefficient (Wildman–Crippen LogP) is 3.21. The molecule has 1 N–H and O–H groups in total. The first kappa shape index (κ1) is 18.7. The number of aromatic nitrogens is 1. The molecular weight excluding hydrogens is 361 g/mol. The highest BCUT2D eigenvalue weighted by molar-refractivity contribution is 5.97. The summed E-state index contributed by atoms with van der Waals surface area (Å²) in [7, 11) is 0. The van der Waals surface area contributed by atoms with Gasteiger partial charge in [0.15, 0.2) is 0 Å². The molecule has 2 aliphatic rings. The third-order valence-corrected chi connectivity index (χ3v) is 6.41. The monoisotopic (exact) mass is 385 g/mol. The van der Waals surface area contributed by atoms with E-state index < -0.39 is 11.2 Å². The van der Waals surface area contributed by atoms with Gasteiger partial charge >= 0.3 is 0 Å². The molecule has 0 spiro atoms. The Morgan fingerprint density at radius 3 is 2.89 bits per heavy atom. The van der Waals surface area contributed by atoms with E-state index in [1.54, 1.807) is 12.1 Å². The van der Waals surface area contributed by atoms with Crippen molar-refractivity contribution in [1.29, 1.82) is 0 Å². The van der Waals surface area contributed by atoms with Gasteiger partial charge in [0.1, 0.15) is 17.8 Å². The minimum atomic E-state index is -0.621. The molecule has 148 valence electrons. The van der Waals surface area contributed by atoms with Crippen LogP contribution in [0, 0.1) is 18.2 Å². The van der Waals surface area contributed by atoms with Crippen molar-refractivity contribution in [3.63, 3.8) is 0 Å². The van der Waals surface area contributed by atoms with Gasteiger partial charge in [-0.3, -0.25) is 9.59 Å². The number of carbonyl (C=O) groups is 2. The summed E-state index contributed by atoms with van der Waals surface area (Å²) in [5, 5.41) is 6.79. The maximum Gasteiger partial charge on any atom is 0.254 e. The predicted molar refractivity (Wildman–Crippen MR) is 99.8 cm³/mol. The Kier molecular flexibility index (Phi) is 4.69. The fraction of sp³-hybridized carbons (Fsp3) is 0.476. The van der Waals surface area contributed by atoms with Gasteiger partial charge in [-0.15, -0.1) is 0 Å². The second-order valence-electron chi connectivity index (χ2n) is 7.81. The lowest BCUT2D eigenvalue weighted by Crippen LogP contribution is -2.49. The van der Waals surface area contributed by atoms with Gasteiger partial charge in [-0.05, 0) is 50.3 Å². The smallest absolute Gasteiger partial charge is 0.254 e. The molecule has 1 aromatic carbocycles. The largest absolute Gasteiger partial charge is 0.364 e. The number of hydrogen-bond donors (Lipinski definition) is 1. The molecule has 3 atom stereocenters. The lowest BCUT2D eigenvalue weighted by atomic mass is 9.71. The van der Waals surface area contributed by atoms with E-state index in [9.17, 15) is 14.0 Å². The van der Waals surface area contributed by atoms with E-state index in [-0.39, 0.29) is 23.9 Å². The molecule has 2 saturated heterocycles. The van der Waals surface area contributed by atoms with Crippen LogP contribution in [0.5, 0.6) is 0 Å². The van der Waals surface area contributed by atoms with Crippen molar-refractivity contribution in [3.05, 3.63) is 53.2 Å². The van der Waals surface area contributed by atoms with Crippen LogP contribution in [0.1, 0.15) is 54.2 Å². The van der Waals surface area contributed by atoms with Crippen molar-refractivity contribution in [3.8, 4) is 0 Å². The number of carbonyl (C=O) groups excluding carboxylic acids is 2. The summed E-state index contributed by atoms with van der Waals surface area (Å²) < 4.78 is 18.5. The third kappa shape index (κ3) is 2.89. The topological polar surface area (TPSA) is 75.4 Å². The first-order valence-corrected chi connectivity index (χ1v) is 9.72. The molecule has 0 saturated carbocycles. The van der Waals surface area contributed by atoms with E-state index in [1.165, 1.54) is 18.4 Å². The Bertz CT molecular complexity index is 898. The van der Waals surface area contributed by atoms with Gasteiger partial charge in [0, 0.05) is 23.7 Å². The highest BCUT2D eigenvalue weighted by atomic mass is 19.1. The maximum atomic E-state index is 13.7. The molecule has 4 rings (SSSR count). The Labute approximate surface area is 163 Å². The van der Waals surface area contributed by atoms with E-state index in [4.69, 9.17) is 4.52 Å². The zero-order valence-corrected chi connectivity index (χ0v) is 16.1. The van der Waals surface area contributed by atoms with E-state index in [0.29, 0.717) is 30.6 Å². The van der Waals surface area contributed by atoms with Crippen molar-refractivity contribution >= 4 is 11.8 Å². The summed E-state index contributed by atoms with van der Waals surface area (Å²) in [5.74, 6) is -0.657. The molecule has 2 bridgehead atoms. The van der Waals surface area contributed by atoms with Crippen molar-refractivity contribution in [2.75, 3.05) is 0 Å². The molecule has 0 unspecified atom stereocenters. The van der Waals surface area contributed by atoms with Crippen LogP contribution in [0.15, 0.2) is 35.1 Å². The summed E-state index contributed by atoms with van der Waals surface area (Å²) >= 11 is 0. The average molecular weight is 385 g/mol. The Balaban J connectivity index is 1.58. The van der Waals surface area contributed by atoms with Crippen molar-refractivity contribution < 1.29 is 18.5 Å². The van der Waals surface area contributed by atoms with Crippen LogP contribution < -0.4 is 5.32 Å². The standard InChI is InChI=1S/C21H24FN3O3/c1-3-21(20(27)23-12-15-8-9-28-24-15)11-16-6-7-18(21)25(16)19(26)17-10-14(22)5-4-13(17)2/h4-5,8-10,16,18H,3,6-7,11-12H2,1-2H3,(H,23,27)/t16-,18+,21+/m0/s1. The lowest BCUT2D eigenvalue weighted by Gasteiger charge is -2.35. The molecule has 3 heterocycles. The van der Waals surface area contributed by atoms with Crippen molar-refractivity contribution in [1.82, 2.24) is 15.4 Å². The molecule has 28 heavy (non-hydrogen) atoms. The zero-order valence-electron chi connectivity index (χ0n) is 16.1. The third-order valence-electron chi connectivity index (χ3n) is 6.41. The van der Waals surface area contributed by atoms with Crippen LogP contribution >= 0.6 is 0 Å². The second-order valence-corrected chi connectivity index (χ2v) is 7.81. The number of aryl methyl sites for hydroxylation is 1. The van der Waals surface area contributed by atoms with Crippen LogP contribution in [0.2, 0.25) is 0 Å². The normalized spacial score (nSPS) is 25.9. The van der Waals surface area contributed by atoms with Gasteiger partial charge in [0.25, 0.3) is 5.91 Å². The van der Waals surface area contributed by atoms with Crippen LogP contribution in [0.25, 0.3) is 0 Å². The van der Waals surface area contributed by atoms with Crippen molar-refractivity contribution in [2.45, 2.75) is 58.2 Å². The molecule has 7 heteroatoms. The molecule has 6 nitrogen and oxygen atoms in total. The summed E-state index contributed by atoms with van der Waals surface area (Å²) in [6.45, 7) is 4.10. The number of benzene rings is 1. The first-order valence-electron chi connectivity index (χ1n) is 9.72. The van der Waals surface area contributed by atoms with Crippen LogP contribution in [-0.4, -0.2) is 34.0 Å². The zero-order chi connectivity index (χ0) is 19.9. The van der Waals surface area contributed by atoms with E-state index in [0.717, 1.165) is 18.4 Å². The molecular formula is C21H24FN3O3. The van der Waals surface area contributed by atoms with E-state index in [1.807, 2.05) is 18.7 Å². The number of amides is 2. The van der Waals surface area contributed by atoms with Gasteiger partial charge in [0.2, 0.25) is 5.91 Å². The SMILES string of the molecule is CC[C@@]1(C(=O)NCc2ccon2)C[C@@H]2CC[C@H]1N2C(=O)c1cc(F)ccc1C. The lowest BCUT2D eigenvalue weighted by molar-refractivity contribution is -0.133. The Hall–Kier alpha value is -2.70. The van der Waals surface area contributed by atoms with Crippen molar-refractivity contribution in [2.24, 2.45) is 5.41 Å². The maximum absolute atomic E-state index is 13.7. The summed E-state index contributed by atoms with van der Waals surface area (Å²) in [4.78, 5) is 28.2. The van der Waals surface area contributed by atoms with Crippen LogP contribution in [0.3, 0.4) is 0 Å². The molecule has 0 radical (unpaired) electrons. The van der Waals surface area contributed by atoms with Gasteiger partial charge in [0.05, 0.1) is 12.0 Å². The molecule has 2 amide bonds. The van der Waals surface area contributed by atoms with Gasteiger partial charge in [-0.1, -0.05) is 18.1 Å². The minimum absolute atomic E-state index is 0.0120. The highest BCUT2D eigenvalue weighted by Crippen LogP contribution is 2.52. The number of fused-ring (bicyclic) bond motifs is 2. The second kappa shape index (κ2) is 7.04. The Morgan fingerprint density at radius 1 is 1.36 bits per heavy atom. The molecule has 2 aromatic rings. The van der Waals surface area contributed by atoms with Crippen LogP contribution in [-0.2, 0) is 11.3 Å². The van der Waals surface area contributed by atoms with Gasteiger partial charge < -0.3 is 14.7 Å². The highest BCUT2D eigenvalue weighted by Gasteiger charge is 2.60. The fourth-order valence-corrected chi connectivity index (χ4v) is 4.91. The van der Waals surface area contributed by atoms with Gasteiger partial charge in [-0.2, -0.15) is 0 Å². The van der Waals surface area contributed by atoms with Gasteiger partial charge in [-0.25, -0.2) is 4.39 Å². The van der Waals surface area contributed by atoms with Crippen LogP contribution in [0.4, 0.5) is 4.39 Å². The Morgan fingerprint density at radius 2 is 2.18 bits per heavy atom. The number of nitrogens with zero attached hydrogens (tertiary/aromatic N) is 2. The quantitative estimate of drug-likeness (QED) is 0.858. The minimum Gasteiger partial charge on any atom is -0.364 e. The summed E-state index contributed by atoms with van der Waals surface area (Å²) in [6, 6.07) is 5.83. The summed E-state index contributed by atoms with van der Waals surface area (Å²) in [5.41, 5.74) is 1.16. The number of rotatable bonds is 5. The summed E-state index contributed by atoms with van der Waals surface area (Å²) in [6.07, 6.45) is 4.42. The van der Waals surface area contributed by atoms with E-state index >= 15 is 0 Å². The molecule has 2 aliphatic heterocycles. The average Bonchev–Trinajstić information content (AvgIpc) is 3.42. The molecule has 1 aromatic heterocycles. The number of halogens is 1.